The van der Waals surface area contributed by atoms with Crippen LogP contribution in [0.25, 0.3) is 0 Å². The average molecular weight is 240 g/mol. The smallest absolute Gasteiger partial charge is 0.269 e. The average Bonchev–Trinajstić information content (AvgIpc) is 2.26. The van der Waals surface area contributed by atoms with Gasteiger partial charge in [0, 0.05) is 12.1 Å². The molecule has 7 heteroatoms. The predicted molar refractivity (Wildman–Crippen MR) is 58.4 cm³/mol. The van der Waals surface area contributed by atoms with E-state index < -0.39 is 16.9 Å². The molecule has 0 aliphatic rings. The molecule has 0 unspecified atom stereocenters. The van der Waals surface area contributed by atoms with Crippen molar-refractivity contribution in [1.82, 2.24) is 0 Å². The molecule has 0 saturated carbocycles. The number of ether oxygens (including phenoxy) is 1. The largest absolute Gasteiger partial charge is 0.491 e. The molecule has 0 aliphatic carbocycles. The molecule has 3 N–H and O–H groups in total. The van der Waals surface area contributed by atoms with E-state index in [1.807, 2.05) is 0 Å². The molecule has 17 heavy (non-hydrogen) atoms. The second-order valence-corrected chi connectivity index (χ2v) is 3.39. The number of carbonyl (C=O) groups excluding carboxylic acids is 1. The van der Waals surface area contributed by atoms with Crippen LogP contribution in [0.1, 0.15) is 6.42 Å². The van der Waals surface area contributed by atoms with Gasteiger partial charge in [-0.05, 0) is 12.1 Å². The summed E-state index contributed by atoms with van der Waals surface area (Å²) in [5.74, 6) is -0.246. The van der Waals surface area contributed by atoms with Crippen molar-refractivity contribution in [1.29, 1.82) is 0 Å². The minimum Gasteiger partial charge on any atom is -0.491 e. The van der Waals surface area contributed by atoms with Gasteiger partial charge in [0.1, 0.15) is 12.4 Å². The summed E-state index contributed by atoms with van der Waals surface area (Å²) in [6.07, 6.45) is -1.17. The number of non-ortho nitro benzene ring substituents is 1. The fourth-order valence-electron chi connectivity index (χ4n) is 1.15. The van der Waals surface area contributed by atoms with Crippen LogP contribution in [0.4, 0.5) is 5.69 Å². The van der Waals surface area contributed by atoms with E-state index in [2.05, 4.69) is 0 Å². The van der Waals surface area contributed by atoms with Crippen LogP contribution in [0.15, 0.2) is 24.3 Å². The van der Waals surface area contributed by atoms with Crippen LogP contribution < -0.4 is 10.5 Å². The zero-order valence-electron chi connectivity index (χ0n) is 8.91. The molecule has 0 fully saturated rings. The first-order valence-electron chi connectivity index (χ1n) is 4.82. The molecule has 0 spiro atoms. The Kier molecular flexibility index (Phi) is 4.41. The van der Waals surface area contributed by atoms with Crippen LogP contribution in [-0.4, -0.2) is 28.6 Å². The quantitative estimate of drug-likeness (QED) is 0.544. The summed E-state index contributed by atoms with van der Waals surface area (Å²) in [5.41, 5.74) is 4.84. The summed E-state index contributed by atoms with van der Waals surface area (Å²) in [6.45, 7) is -0.0965. The number of aliphatic hydroxyl groups excluding tert-OH is 1. The molecule has 1 amide bonds. The van der Waals surface area contributed by atoms with Gasteiger partial charge >= 0.3 is 0 Å². The Bertz CT molecular complexity index is 404. The SMILES string of the molecule is NC(=O)C[C@@H](O)COc1ccc([N+](=O)[O-])cc1. The van der Waals surface area contributed by atoms with Crippen molar-refractivity contribution >= 4 is 11.6 Å². The third kappa shape index (κ3) is 4.47. The fourth-order valence-corrected chi connectivity index (χ4v) is 1.15. The second-order valence-electron chi connectivity index (χ2n) is 3.39. The Hall–Kier alpha value is -2.15. The van der Waals surface area contributed by atoms with Crippen molar-refractivity contribution in [3.63, 3.8) is 0 Å². The number of primary amides is 1. The first-order valence-corrected chi connectivity index (χ1v) is 4.82. The fraction of sp³-hybridized carbons (Fsp3) is 0.300. The molecule has 1 aromatic carbocycles. The Morgan fingerprint density at radius 3 is 2.53 bits per heavy atom. The van der Waals surface area contributed by atoms with Crippen LogP contribution in [0.5, 0.6) is 5.75 Å². The van der Waals surface area contributed by atoms with Crippen molar-refractivity contribution < 1.29 is 19.6 Å². The molecule has 1 rings (SSSR count). The minimum atomic E-state index is -0.984. The van der Waals surface area contributed by atoms with Gasteiger partial charge in [-0.1, -0.05) is 0 Å². The number of aliphatic hydroxyl groups is 1. The Labute approximate surface area is 97.0 Å². The summed E-state index contributed by atoms with van der Waals surface area (Å²) in [4.78, 5) is 20.3. The molecular weight excluding hydrogens is 228 g/mol. The molecule has 7 nitrogen and oxygen atoms in total. The van der Waals surface area contributed by atoms with Gasteiger partial charge in [0.25, 0.3) is 5.69 Å². The topological polar surface area (TPSA) is 116 Å². The summed E-state index contributed by atoms with van der Waals surface area (Å²) in [5, 5.41) is 19.7. The number of nitro groups is 1. The Balaban J connectivity index is 2.47. The second kappa shape index (κ2) is 5.80. The summed E-state index contributed by atoms with van der Waals surface area (Å²) in [7, 11) is 0. The highest BCUT2D eigenvalue weighted by atomic mass is 16.6. The van der Waals surface area contributed by atoms with Gasteiger partial charge in [0.05, 0.1) is 17.4 Å². The highest BCUT2D eigenvalue weighted by Gasteiger charge is 2.09. The number of nitrogens with two attached hydrogens (primary N) is 1. The monoisotopic (exact) mass is 240 g/mol. The lowest BCUT2D eigenvalue weighted by molar-refractivity contribution is -0.384. The number of hydrogen-bond acceptors (Lipinski definition) is 5. The van der Waals surface area contributed by atoms with Gasteiger partial charge in [-0.2, -0.15) is 0 Å². The lowest BCUT2D eigenvalue weighted by Crippen LogP contribution is -2.25. The van der Waals surface area contributed by atoms with E-state index in [0.29, 0.717) is 5.75 Å². The lowest BCUT2D eigenvalue weighted by atomic mass is 10.2. The third-order valence-corrected chi connectivity index (χ3v) is 1.93. The molecule has 0 saturated heterocycles. The third-order valence-electron chi connectivity index (χ3n) is 1.93. The van der Waals surface area contributed by atoms with Crippen molar-refractivity contribution in [2.24, 2.45) is 5.73 Å². The van der Waals surface area contributed by atoms with Crippen LogP contribution in [0.2, 0.25) is 0 Å². The first kappa shape index (κ1) is 12.9. The standard InChI is InChI=1S/C10H12N2O5/c11-10(14)5-8(13)6-17-9-3-1-7(2-4-9)12(15)16/h1-4,8,13H,5-6H2,(H2,11,14)/t8-/m1/s1. The normalized spacial score (nSPS) is 11.8. The van der Waals surface area contributed by atoms with Gasteiger partial charge in [0.15, 0.2) is 0 Å². The van der Waals surface area contributed by atoms with Crippen LogP contribution in [-0.2, 0) is 4.79 Å². The lowest BCUT2D eigenvalue weighted by Gasteiger charge is -2.10. The molecule has 1 atom stereocenters. The number of benzene rings is 1. The number of hydrogen-bond donors (Lipinski definition) is 2. The molecule has 0 bridgehead atoms. The highest BCUT2D eigenvalue weighted by molar-refractivity contribution is 5.74. The molecule has 0 heterocycles. The summed E-state index contributed by atoms with van der Waals surface area (Å²) < 4.78 is 5.12. The van der Waals surface area contributed by atoms with Gasteiger partial charge < -0.3 is 15.6 Å². The number of amides is 1. The van der Waals surface area contributed by atoms with E-state index >= 15 is 0 Å². The molecule has 1 aromatic rings. The van der Waals surface area contributed by atoms with Crippen LogP contribution in [0, 0.1) is 10.1 Å². The maximum atomic E-state index is 10.5. The van der Waals surface area contributed by atoms with E-state index in [1.54, 1.807) is 0 Å². The van der Waals surface area contributed by atoms with E-state index in [4.69, 9.17) is 10.5 Å². The molecule has 0 aromatic heterocycles. The number of nitrogens with zero attached hydrogens (tertiary/aromatic N) is 1. The zero-order valence-corrected chi connectivity index (χ0v) is 8.91. The van der Waals surface area contributed by atoms with Crippen LogP contribution >= 0.6 is 0 Å². The summed E-state index contributed by atoms with van der Waals surface area (Å²) >= 11 is 0. The van der Waals surface area contributed by atoms with Crippen molar-refractivity contribution in [3.05, 3.63) is 34.4 Å². The number of nitro benzene ring substituents is 1. The molecule has 92 valence electrons. The van der Waals surface area contributed by atoms with Crippen molar-refractivity contribution in [3.8, 4) is 5.75 Å². The van der Waals surface area contributed by atoms with Crippen molar-refractivity contribution in [2.45, 2.75) is 12.5 Å². The van der Waals surface area contributed by atoms with Gasteiger partial charge in [-0.15, -0.1) is 0 Å². The molecule has 0 aliphatic heterocycles. The first-order chi connectivity index (χ1) is 7.99. The Morgan fingerprint density at radius 1 is 1.47 bits per heavy atom. The zero-order chi connectivity index (χ0) is 12.8. The van der Waals surface area contributed by atoms with Gasteiger partial charge in [0.2, 0.25) is 5.91 Å². The maximum absolute atomic E-state index is 10.5. The van der Waals surface area contributed by atoms with Gasteiger partial charge in [-0.25, -0.2) is 0 Å². The Morgan fingerprint density at radius 2 is 2.06 bits per heavy atom. The van der Waals surface area contributed by atoms with E-state index in [-0.39, 0.29) is 18.7 Å². The number of rotatable bonds is 6. The predicted octanol–water partition coefficient (Wildman–Crippen LogP) is 0.210. The van der Waals surface area contributed by atoms with E-state index in [0.717, 1.165) is 0 Å². The highest BCUT2D eigenvalue weighted by Crippen LogP contribution is 2.17. The van der Waals surface area contributed by atoms with Crippen LogP contribution in [0.3, 0.4) is 0 Å². The van der Waals surface area contributed by atoms with E-state index in [1.165, 1.54) is 24.3 Å². The number of carbonyl (C=O) groups is 1. The molecule has 0 radical (unpaired) electrons. The van der Waals surface area contributed by atoms with Gasteiger partial charge in [-0.3, -0.25) is 14.9 Å². The molecular formula is C10H12N2O5. The maximum Gasteiger partial charge on any atom is 0.269 e. The van der Waals surface area contributed by atoms with E-state index in [9.17, 15) is 20.0 Å². The van der Waals surface area contributed by atoms with Crippen molar-refractivity contribution in [2.75, 3.05) is 6.61 Å². The summed E-state index contributed by atoms with van der Waals surface area (Å²) in [6, 6.07) is 5.40. The minimum absolute atomic E-state index is 0.0463.